The first-order chi connectivity index (χ1) is 11.6. The fourth-order valence-corrected chi connectivity index (χ4v) is 2.45. The van der Waals surface area contributed by atoms with E-state index in [4.69, 9.17) is 14.2 Å². The van der Waals surface area contributed by atoms with Crippen LogP contribution in [0.4, 0.5) is 0 Å². The van der Waals surface area contributed by atoms with E-state index in [1.54, 1.807) is 37.3 Å². The molecule has 0 amide bonds. The quantitative estimate of drug-likeness (QED) is 0.622. The van der Waals surface area contributed by atoms with E-state index >= 15 is 0 Å². The number of aryl methyl sites for hydroxylation is 1. The Bertz CT molecular complexity index is 764. The average Bonchev–Trinajstić information content (AvgIpc) is 3.08. The van der Waals surface area contributed by atoms with Crippen molar-refractivity contribution in [2.45, 2.75) is 26.4 Å². The molecule has 0 saturated heterocycles. The average molecular weight is 326 g/mol. The lowest BCUT2D eigenvalue weighted by molar-refractivity contribution is 0.0318. The summed E-state index contributed by atoms with van der Waals surface area (Å²) in [5.41, 5.74) is 2.00. The summed E-state index contributed by atoms with van der Waals surface area (Å²) in [4.78, 5) is 24.6. The van der Waals surface area contributed by atoms with Crippen molar-refractivity contribution in [3.63, 3.8) is 0 Å². The van der Waals surface area contributed by atoms with Crippen LogP contribution < -0.4 is 9.47 Å². The van der Waals surface area contributed by atoms with Crippen molar-refractivity contribution in [3.8, 4) is 11.5 Å². The highest BCUT2D eigenvalue weighted by atomic mass is 16.7. The number of hydrogen-bond donors (Lipinski definition) is 0. The van der Waals surface area contributed by atoms with E-state index in [-0.39, 0.29) is 12.6 Å². The largest absolute Gasteiger partial charge is 0.454 e. The summed E-state index contributed by atoms with van der Waals surface area (Å²) in [5, 5.41) is 0. The molecule has 5 nitrogen and oxygen atoms in total. The molecule has 0 bridgehead atoms. The van der Waals surface area contributed by atoms with Crippen LogP contribution in [0.3, 0.4) is 0 Å². The van der Waals surface area contributed by atoms with Crippen LogP contribution in [-0.2, 0) is 11.2 Å². The summed E-state index contributed by atoms with van der Waals surface area (Å²) < 4.78 is 15.7. The fourth-order valence-electron chi connectivity index (χ4n) is 2.45. The Balaban J connectivity index is 1.67. The van der Waals surface area contributed by atoms with E-state index in [9.17, 15) is 9.59 Å². The molecule has 1 aliphatic heterocycles. The first kappa shape index (κ1) is 16.1. The van der Waals surface area contributed by atoms with E-state index in [0.29, 0.717) is 22.6 Å². The molecule has 24 heavy (non-hydrogen) atoms. The molecule has 1 atom stereocenters. The number of ketones is 1. The van der Waals surface area contributed by atoms with Crippen LogP contribution in [0.1, 0.15) is 40.1 Å². The van der Waals surface area contributed by atoms with Crippen LogP contribution in [0, 0.1) is 0 Å². The van der Waals surface area contributed by atoms with E-state index < -0.39 is 12.1 Å². The Labute approximate surface area is 140 Å². The van der Waals surface area contributed by atoms with Crippen LogP contribution in [0.25, 0.3) is 0 Å². The van der Waals surface area contributed by atoms with Gasteiger partial charge in [0, 0.05) is 5.56 Å². The SMILES string of the molecule is CCc1ccc(C(=O)C(C)OC(=O)c2ccc3c(c2)OCO3)cc1. The third kappa shape index (κ3) is 3.25. The van der Waals surface area contributed by atoms with Crippen LogP contribution in [0.15, 0.2) is 42.5 Å². The summed E-state index contributed by atoms with van der Waals surface area (Å²) in [6, 6.07) is 12.1. The zero-order chi connectivity index (χ0) is 17.1. The highest BCUT2D eigenvalue weighted by Crippen LogP contribution is 2.32. The maximum atomic E-state index is 12.4. The summed E-state index contributed by atoms with van der Waals surface area (Å²) in [5.74, 6) is 0.288. The molecular weight excluding hydrogens is 308 g/mol. The molecule has 1 heterocycles. The van der Waals surface area contributed by atoms with E-state index in [1.807, 2.05) is 19.1 Å². The Morgan fingerprint density at radius 2 is 1.71 bits per heavy atom. The molecule has 0 N–H and O–H groups in total. The van der Waals surface area contributed by atoms with Gasteiger partial charge in [-0.3, -0.25) is 4.79 Å². The number of esters is 1. The van der Waals surface area contributed by atoms with E-state index in [1.165, 1.54) is 0 Å². The van der Waals surface area contributed by atoms with Crippen molar-refractivity contribution in [2.24, 2.45) is 0 Å². The van der Waals surface area contributed by atoms with Crippen molar-refractivity contribution in [3.05, 3.63) is 59.2 Å². The molecule has 0 saturated carbocycles. The molecule has 0 aliphatic carbocycles. The molecule has 124 valence electrons. The zero-order valence-electron chi connectivity index (χ0n) is 13.6. The number of ether oxygens (including phenoxy) is 3. The maximum Gasteiger partial charge on any atom is 0.338 e. The van der Waals surface area contributed by atoms with Crippen LogP contribution in [0.2, 0.25) is 0 Å². The molecule has 1 aliphatic rings. The number of carbonyl (C=O) groups is 2. The summed E-state index contributed by atoms with van der Waals surface area (Å²) in [6.45, 7) is 3.75. The second kappa shape index (κ2) is 6.74. The third-order valence-electron chi connectivity index (χ3n) is 3.91. The molecule has 0 spiro atoms. The van der Waals surface area contributed by atoms with Gasteiger partial charge >= 0.3 is 5.97 Å². The minimum absolute atomic E-state index is 0.135. The topological polar surface area (TPSA) is 61.8 Å². The monoisotopic (exact) mass is 326 g/mol. The first-order valence-electron chi connectivity index (χ1n) is 7.82. The lowest BCUT2D eigenvalue weighted by Gasteiger charge is -2.13. The van der Waals surface area contributed by atoms with Crippen molar-refractivity contribution in [1.82, 2.24) is 0 Å². The highest BCUT2D eigenvalue weighted by Gasteiger charge is 2.22. The van der Waals surface area contributed by atoms with Crippen LogP contribution in [-0.4, -0.2) is 24.6 Å². The standard InChI is InChI=1S/C19H18O5/c1-3-13-4-6-14(7-5-13)18(20)12(2)24-19(21)15-8-9-16-17(10-15)23-11-22-16/h4-10,12H,3,11H2,1-2H3. The normalized spacial score (nSPS) is 13.4. The predicted octanol–water partition coefficient (Wildman–Crippen LogP) is 3.41. The van der Waals surface area contributed by atoms with Crippen molar-refractivity contribution in [1.29, 1.82) is 0 Å². The van der Waals surface area contributed by atoms with Gasteiger partial charge in [0.15, 0.2) is 17.6 Å². The van der Waals surface area contributed by atoms with Crippen molar-refractivity contribution in [2.75, 3.05) is 6.79 Å². The summed E-state index contributed by atoms with van der Waals surface area (Å²) in [6.07, 6.45) is 0.0405. The number of rotatable bonds is 5. The predicted molar refractivity (Wildman–Crippen MR) is 87.6 cm³/mol. The number of Topliss-reactive ketones (excluding diaryl/α,β-unsaturated/α-hetero) is 1. The smallest absolute Gasteiger partial charge is 0.338 e. The van der Waals surface area contributed by atoms with Crippen LogP contribution >= 0.6 is 0 Å². The molecule has 0 aromatic heterocycles. The van der Waals surface area contributed by atoms with Crippen molar-refractivity contribution >= 4 is 11.8 Å². The number of fused-ring (bicyclic) bond motifs is 1. The zero-order valence-corrected chi connectivity index (χ0v) is 13.6. The highest BCUT2D eigenvalue weighted by molar-refractivity contribution is 6.01. The molecule has 1 unspecified atom stereocenters. The number of hydrogen-bond acceptors (Lipinski definition) is 5. The summed E-state index contributed by atoms with van der Waals surface area (Å²) >= 11 is 0. The lowest BCUT2D eigenvalue weighted by atomic mass is 10.0. The number of benzene rings is 2. The van der Waals surface area contributed by atoms with Crippen LogP contribution in [0.5, 0.6) is 11.5 Å². The van der Waals surface area contributed by atoms with E-state index in [0.717, 1.165) is 12.0 Å². The van der Waals surface area contributed by atoms with Gasteiger partial charge in [-0.1, -0.05) is 31.2 Å². The Morgan fingerprint density at radius 3 is 2.42 bits per heavy atom. The fraction of sp³-hybridized carbons (Fsp3) is 0.263. The number of carbonyl (C=O) groups excluding carboxylic acids is 2. The lowest BCUT2D eigenvalue weighted by Crippen LogP contribution is -2.24. The molecule has 0 radical (unpaired) electrons. The molecule has 2 aromatic rings. The van der Waals surface area contributed by atoms with E-state index in [2.05, 4.69) is 0 Å². The molecular formula is C19H18O5. The van der Waals surface area contributed by atoms with Crippen molar-refractivity contribution < 1.29 is 23.8 Å². The first-order valence-corrected chi connectivity index (χ1v) is 7.82. The second-order valence-corrected chi connectivity index (χ2v) is 5.53. The van der Waals surface area contributed by atoms with Gasteiger partial charge in [-0.15, -0.1) is 0 Å². The van der Waals surface area contributed by atoms with Gasteiger partial charge in [0.2, 0.25) is 12.6 Å². The van der Waals surface area contributed by atoms with Gasteiger partial charge < -0.3 is 14.2 Å². The molecule has 2 aromatic carbocycles. The Hall–Kier alpha value is -2.82. The Morgan fingerprint density at radius 1 is 1.04 bits per heavy atom. The van der Waals surface area contributed by atoms with Gasteiger partial charge in [-0.2, -0.15) is 0 Å². The van der Waals surface area contributed by atoms with Gasteiger partial charge in [-0.05, 0) is 37.1 Å². The third-order valence-corrected chi connectivity index (χ3v) is 3.91. The van der Waals surface area contributed by atoms with Gasteiger partial charge in [0.05, 0.1) is 5.56 Å². The summed E-state index contributed by atoms with van der Waals surface area (Å²) in [7, 11) is 0. The molecule has 0 fully saturated rings. The molecule has 3 rings (SSSR count). The maximum absolute atomic E-state index is 12.4. The molecule has 5 heteroatoms. The van der Waals surface area contributed by atoms with Gasteiger partial charge in [0.25, 0.3) is 0 Å². The van der Waals surface area contributed by atoms with Gasteiger partial charge in [-0.25, -0.2) is 4.79 Å². The minimum atomic E-state index is -0.865. The minimum Gasteiger partial charge on any atom is -0.454 e. The van der Waals surface area contributed by atoms with Gasteiger partial charge in [0.1, 0.15) is 0 Å². The second-order valence-electron chi connectivity index (χ2n) is 5.53. The Kier molecular flexibility index (Phi) is 4.51.